The number of amides is 1. The molecule has 0 unspecified atom stereocenters. The van der Waals surface area contributed by atoms with E-state index in [0.29, 0.717) is 4.58 Å². The standard InChI is InChI=1S/C12H15NOS2/c1-8-3-4-11(13-9(2)14)10(7-8)12-15-5-6-16-12/h3-4,7,12H,5-6H2,1-2H3,(H,13,14). The zero-order valence-corrected chi connectivity index (χ0v) is 11.1. The Balaban J connectivity index is 2.31. The van der Waals surface area contributed by atoms with Gasteiger partial charge in [0.15, 0.2) is 0 Å². The first-order valence-electron chi connectivity index (χ1n) is 5.28. The smallest absolute Gasteiger partial charge is 0.221 e. The van der Waals surface area contributed by atoms with Gasteiger partial charge in [-0.15, -0.1) is 23.5 Å². The second-order valence-corrected chi connectivity index (χ2v) is 6.57. The summed E-state index contributed by atoms with van der Waals surface area (Å²) in [4.78, 5) is 11.1. The van der Waals surface area contributed by atoms with Gasteiger partial charge in [0.2, 0.25) is 5.91 Å². The fourth-order valence-corrected chi connectivity index (χ4v) is 4.63. The molecule has 1 aliphatic heterocycles. The average molecular weight is 253 g/mol. The summed E-state index contributed by atoms with van der Waals surface area (Å²) in [5.74, 6) is 2.39. The maximum atomic E-state index is 11.1. The molecule has 1 aromatic carbocycles. The molecule has 1 aromatic rings. The van der Waals surface area contributed by atoms with Crippen molar-refractivity contribution >= 4 is 35.1 Å². The molecular formula is C12H15NOS2. The lowest BCUT2D eigenvalue weighted by molar-refractivity contribution is -0.114. The molecule has 1 aliphatic rings. The van der Waals surface area contributed by atoms with E-state index < -0.39 is 0 Å². The zero-order valence-electron chi connectivity index (χ0n) is 9.45. The summed E-state index contributed by atoms with van der Waals surface area (Å²) in [5, 5.41) is 2.91. The predicted octanol–water partition coefficient (Wildman–Crippen LogP) is 3.43. The van der Waals surface area contributed by atoms with Crippen LogP contribution < -0.4 is 5.32 Å². The molecule has 1 heterocycles. The molecule has 0 atom stereocenters. The van der Waals surface area contributed by atoms with Crippen molar-refractivity contribution in [1.29, 1.82) is 0 Å². The van der Waals surface area contributed by atoms with Crippen LogP contribution in [-0.2, 0) is 4.79 Å². The number of hydrogen-bond donors (Lipinski definition) is 1. The molecule has 0 bridgehead atoms. The molecule has 0 spiro atoms. The molecule has 2 rings (SSSR count). The Kier molecular flexibility index (Phi) is 3.82. The van der Waals surface area contributed by atoms with Gasteiger partial charge in [-0.25, -0.2) is 0 Å². The zero-order chi connectivity index (χ0) is 11.5. The quantitative estimate of drug-likeness (QED) is 0.875. The van der Waals surface area contributed by atoms with Gasteiger partial charge in [0.05, 0.1) is 4.58 Å². The Morgan fingerprint density at radius 3 is 2.69 bits per heavy atom. The van der Waals surface area contributed by atoms with E-state index in [4.69, 9.17) is 0 Å². The third-order valence-electron chi connectivity index (χ3n) is 2.39. The lowest BCUT2D eigenvalue weighted by Gasteiger charge is -2.15. The van der Waals surface area contributed by atoms with Gasteiger partial charge in [-0.1, -0.05) is 17.7 Å². The molecule has 0 aliphatic carbocycles. The molecular weight excluding hydrogens is 238 g/mol. The summed E-state index contributed by atoms with van der Waals surface area (Å²) in [6, 6.07) is 6.23. The number of hydrogen-bond acceptors (Lipinski definition) is 3. The number of anilines is 1. The van der Waals surface area contributed by atoms with Crippen LogP contribution in [0.1, 0.15) is 22.6 Å². The molecule has 0 aromatic heterocycles. The highest BCUT2D eigenvalue weighted by molar-refractivity contribution is 8.19. The van der Waals surface area contributed by atoms with Crippen molar-refractivity contribution in [3.8, 4) is 0 Å². The summed E-state index contributed by atoms with van der Waals surface area (Å²) in [5.41, 5.74) is 3.46. The number of thioether (sulfide) groups is 2. The van der Waals surface area contributed by atoms with E-state index in [1.54, 1.807) is 6.92 Å². The van der Waals surface area contributed by atoms with Crippen LogP contribution in [0.15, 0.2) is 18.2 Å². The van der Waals surface area contributed by atoms with Gasteiger partial charge in [-0.05, 0) is 18.6 Å². The van der Waals surface area contributed by atoms with Crippen LogP contribution in [0.25, 0.3) is 0 Å². The topological polar surface area (TPSA) is 29.1 Å². The molecule has 4 heteroatoms. The molecule has 1 N–H and O–H groups in total. The molecule has 1 saturated heterocycles. The summed E-state index contributed by atoms with van der Waals surface area (Å²) >= 11 is 3.91. The molecule has 0 saturated carbocycles. The minimum absolute atomic E-state index is 0.00176. The molecule has 2 nitrogen and oxygen atoms in total. The van der Waals surface area contributed by atoms with Crippen LogP contribution in [0.3, 0.4) is 0 Å². The fraction of sp³-hybridized carbons (Fsp3) is 0.417. The fourth-order valence-electron chi connectivity index (χ4n) is 1.72. The number of carbonyl (C=O) groups is 1. The molecule has 0 radical (unpaired) electrons. The third-order valence-corrected chi connectivity index (χ3v) is 5.46. The van der Waals surface area contributed by atoms with Crippen molar-refractivity contribution in [3.63, 3.8) is 0 Å². The van der Waals surface area contributed by atoms with Crippen molar-refractivity contribution < 1.29 is 4.79 Å². The highest BCUT2D eigenvalue weighted by atomic mass is 32.2. The maximum absolute atomic E-state index is 11.1. The molecule has 86 valence electrons. The van der Waals surface area contributed by atoms with Gasteiger partial charge >= 0.3 is 0 Å². The second kappa shape index (κ2) is 5.15. The first kappa shape index (κ1) is 11.9. The Bertz CT molecular complexity index is 400. The van der Waals surface area contributed by atoms with Crippen molar-refractivity contribution in [1.82, 2.24) is 0 Å². The number of nitrogens with one attached hydrogen (secondary N) is 1. The van der Waals surface area contributed by atoms with Gasteiger partial charge in [0.1, 0.15) is 0 Å². The maximum Gasteiger partial charge on any atom is 0.221 e. The first-order chi connectivity index (χ1) is 7.66. The lowest BCUT2D eigenvalue weighted by atomic mass is 10.1. The Morgan fingerprint density at radius 1 is 1.38 bits per heavy atom. The minimum Gasteiger partial charge on any atom is -0.326 e. The van der Waals surface area contributed by atoms with E-state index in [1.807, 2.05) is 35.7 Å². The number of rotatable bonds is 2. The number of carbonyl (C=O) groups excluding carboxylic acids is 1. The third kappa shape index (κ3) is 2.74. The van der Waals surface area contributed by atoms with E-state index >= 15 is 0 Å². The summed E-state index contributed by atoms with van der Waals surface area (Å²) in [6.07, 6.45) is 0. The average Bonchev–Trinajstić information content (AvgIpc) is 2.73. The van der Waals surface area contributed by atoms with Crippen LogP contribution in [-0.4, -0.2) is 17.4 Å². The number of benzene rings is 1. The van der Waals surface area contributed by atoms with Crippen LogP contribution >= 0.6 is 23.5 Å². The van der Waals surface area contributed by atoms with Crippen molar-refractivity contribution in [2.75, 3.05) is 16.8 Å². The van der Waals surface area contributed by atoms with E-state index in [0.717, 1.165) is 5.69 Å². The van der Waals surface area contributed by atoms with Gasteiger partial charge in [0.25, 0.3) is 0 Å². The van der Waals surface area contributed by atoms with Gasteiger partial charge < -0.3 is 5.32 Å². The minimum atomic E-state index is -0.00176. The van der Waals surface area contributed by atoms with Crippen LogP contribution in [0.5, 0.6) is 0 Å². The molecule has 1 fully saturated rings. The van der Waals surface area contributed by atoms with Crippen LogP contribution in [0.4, 0.5) is 5.69 Å². The van der Waals surface area contributed by atoms with E-state index in [9.17, 15) is 4.79 Å². The highest BCUT2D eigenvalue weighted by Crippen LogP contribution is 2.47. The summed E-state index contributed by atoms with van der Waals surface area (Å²) < 4.78 is 0.474. The summed E-state index contributed by atoms with van der Waals surface area (Å²) in [6.45, 7) is 3.64. The van der Waals surface area contributed by atoms with Gasteiger partial charge in [-0.3, -0.25) is 4.79 Å². The van der Waals surface area contributed by atoms with Crippen molar-refractivity contribution in [2.24, 2.45) is 0 Å². The Labute approximate surface area is 105 Å². The van der Waals surface area contributed by atoms with Gasteiger partial charge in [-0.2, -0.15) is 0 Å². The monoisotopic (exact) mass is 253 g/mol. The van der Waals surface area contributed by atoms with E-state index in [1.165, 1.54) is 22.6 Å². The SMILES string of the molecule is CC(=O)Nc1ccc(C)cc1C1SCCS1. The Morgan fingerprint density at radius 2 is 2.06 bits per heavy atom. The van der Waals surface area contributed by atoms with Crippen LogP contribution in [0, 0.1) is 6.92 Å². The van der Waals surface area contributed by atoms with Gasteiger partial charge in [0, 0.05) is 24.1 Å². The van der Waals surface area contributed by atoms with Crippen molar-refractivity contribution in [3.05, 3.63) is 29.3 Å². The lowest BCUT2D eigenvalue weighted by Crippen LogP contribution is -2.08. The first-order valence-corrected chi connectivity index (χ1v) is 7.38. The molecule has 1 amide bonds. The largest absolute Gasteiger partial charge is 0.326 e. The van der Waals surface area contributed by atoms with E-state index in [-0.39, 0.29) is 5.91 Å². The second-order valence-electron chi connectivity index (χ2n) is 3.85. The van der Waals surface area contributed by atoms with Crippen molar-refractivity contribution in [2.45, 2.75) is 18.4 Å². The Hall–Kier alpha value is -0.610. The predicted molar refractivity (Wildman–Crippen MR) is 73.1 cm³/mol. The van der Waals surface area contributed by atoms with Crippen LogP contribution in [0.2, 0.25) is 0 Å². The highest BCUT2D eigenvalue weighted by Gasteiger charge is 2.21. The molecule has 16 heavy (non-hydrogen) atoms. The number of aryl methyl sites for hydroxylation is 1. The normalized spacial score (nSPS) is 16.4. The summed E-state index contributed by atoms with van der Waals surface area (Å²) in [7, 11) is 0. The van der Waals surface area contributed by atoms with E-state index in [2.05, 4.69) is 18.3 Å².